The van der Waals surface area contributed by atoms with Crippen LogP contribution < -0.4 is 9.47 Å². The van der Waals surface area contributed by atoms with Crippen LogP contribution in [0.25, 0.3) is 0 Å². The molecule has 0 spiro atoms. The second kappa shape index (κ2) is 7.56. The Hall–Kier alpha value is -2.24. The molecule has 2 amide bonds. The fourth-order valence-corrected chi connectivity index (χ4v) is 4.46. The number of fused-ring (bicyclic) bond motifs is 1. The summed E-state index contributed by atoms with van der Waals surface area (Å²) >= 11 is 0. The number of ether oxygens (including phenoxy) is 2. The first-order valence-electron chi connectivity index (χ1n) is 9.30. The molecule has 142 valence electrons. The smallest absolute Gasteiger partial charge is 0.260 e. The molecule has 0 N–H and O–H groups in total. The normalized spacial score (nSPS) is 25.4. The maximum absolute atomic E-state index is 12.8. The second-order valence-corrected chi connectivity index (χ2v) is 7.34. The van der Waals surface area contributed by atoms with Crippen LogP contribution in [0.4, 0.5) is 0 Å². The highest BCUT2D eigenvalue weighted by Crippen LogP contribution is 2.39. The lowest BCUT2D eigenvalue weighted by molar-refractivity contribution is -0.155. The van der Waals surface area contributed by atoms with E-state index in [2.05, 4.69) is 6.92 Å². The number of methoxy groups -OCH3 is 1. The zero-order valence-corrected chi connectivity index (χ0v) is 15.9. The first-order valence-corrected chi connectivity index (χ1v) is 9.30. The molecule has 2 fully saturated rings. The van der Waals surface area contributed by atoms with E-state index < -0.39 is 0 Å². The molecular weight excluding hydrogens is 332 g/mol. The van der Waals surface area contributed by atoms with Gasteiger partial charge in [0, 0.05) is 20.0 Å². The third-order valence-corrected chi connectivity index (χ3v) is 5.77. The molecular formula is C20H28N2O4. The SMILES string of the molecule is COc1ccc(OCC(=O)N2CCC[C@@]3(C)[C@H]2CCCN3C(C)=O)cc1. The number of likely N-dealkylation sites (tertiary alicyclic amines) is 2. The van der Waals surface area contributed by atoms with Crippen molar-refractivity contribution in [3.05, 3.63) is 24.3 Å². The third kappa shape index (κ3) is 3.50. The fraction of sp³-hybridized carbons (Fsp3) is 0.600. The number of hydrogen-bond donors (Lipinski definition) is 0. The molecule has 26 heavy (non-hydrogen) atoms. The zero-order chi connectivity index (χ0) is 18.7. The van der Waals surface area contributed by atoms with E-state index in [-0.39, 0.29) is 30.0 Å². The number of benzene rings is 1. The van der Waals surface area contributed by atoms with Crippen molar-refractivity contribution in [3.8, 4) is 11.5 Å². The molecule has 2 aliphatic heterocycles. The van der Waals surface area contributed by atoms with Gasteiger partial charge in [0.15, 0.2) is 6.61 Å². The highest BCUT2D eigenvalue weighted by molar-refractivity contribution is 5.79. The average Bonchev–Trinajstić information content (AvgIpc) is 2.64. The van der Waals surface area contributed by atoms with Gasteiger partial charge in [-0.1, -0.05) is 0 Å². The largest absolute Gasteiger partial charge is 0.497 e. The van der Waals surface area contributed by atoms with Gasteiger partial charge in [-0.25, -0.2) is 0 Å². The summed E-state index contributed by atoms with van der Waals surface area (Å²) in [5.41, 5.74) is -0.266. The number of carbonyl (C=O) groups is 2. The fourth-order valence-electron chi connectivity index (χ4n) is 4.46. The van der Waals surface area contributed by atoms with Crippen molar-refractivity contribution < 1.29 is 19.1 Å². The van der Waals surface area contributed by atoms with Crippen LogP contribution >= 0.6 is 0 Å². The minimum absolute atomic E-state index is 0.0119. The molecule has 0 radical (unpaired) electrons. The quantitative estimate of drug-likeness (QED) is 0.828. The summed E-state index contributed by atoms with van der Waals surface area (Å²) in [5, 5.41) is 0. The zero-order valence-electron chi connectivity index (χ0n) is 15.9. The van der Waals surface area contributed by atoms with Crippen molar-refractivity contribution >= 4 is 11.8 Å². The average molecular weight is 360 g/mol. The van der Waals surface area contributed by atoms with Gasteiger partial charge in [0.1, 0.15) is 11.5 Å². The van der Waals surface area contributed by atoms with Gasteiger partial charge in [-0.15, -0.1) is 0 Å². The Morgan fingerprint density at radius 2 is 1.85 bits per heavy atom. The molecule has 1 aromatic carbocycles. The molecule has 0 aromatic heterocycles. The molecule has 0 unspecified atom stereocenters. The molecule has 6 nitrogen and oxygen atoms in total. The molecule has 6 heteroatoms. The summed E-state index contributed by atoms with van der Waals surface area (Å²) in [5.74, 6) is 1.48. The summed E-state index contributed by atoms with van der Waals surface area (Å²) in [6, 6.07) is 7.28. The minimum Gasteiger partial charge on any atom is -0.497 e. The lowest BCUT2D eigenvalue weighted by Gasteiger charge is -2.56. The molecule has 3 rings (SSSR count). The Labute approximate surface area is 155 Å². The van der Waals surface area contributed by atoms with E-state index in [0.717, 1.165) is 44.5 Å². The number of piperidine rings is 2. The van der Waals surface area contributed by atoms with Crippen molar-refractivity contribution in [1.82, 2.24) is 9.80 Å². The van der Waals surface area contributed by atoms with Gasteiger partial charge in [-0.2, -0.15) is 0 Å². The monoisotopic (exact) mass is 360 g/mol. The molecule has 2 heterocycles. The van der Waals surface area contributed by atoms with Crippen molar-refractivity contribution in [2.45, 2.75) is 51.1 Å². The minimum atomic E-state index is -0.266. The Morgan fingerprint density at radius 3 is 2.50 bits per heavy atom. The second-order valence-electron chi connectivity index (χ2n) is 7.34. The van der Waals surface area contributed by atoms with Crippen LogP contribution in [0.15, 0.2) is 24.3 Å². The van der Waals surface area contributed by atoms with Crippen LogP contribution in [0, 0.1) is 0 Å². The van der Waals surface area contributed by atoms with Crippen molar-refractivity contribution in [3.63, 3.8) is 0 Å². The maximum atomic E-state index is 12.8. The number of amides is 2. The number of carbonyl (C=O) groups excluding carboxylic acids is 2. The van der Waals surface area contributed by atoms with Crippen LogP contribution in [-0.2, 0) is 9.59 Å². The Morgan fingerprint density at radius 1 is 1.15 bits per heavy atom. The van der Waals surface area contributed by atoms with E-state index >= 15 is 0 Å². The van der Waals surface area contributed by atoms with E-state index in [1.54, 1.807) is 26.2 Å². The standard InChI is InChI=1S/C20H28N2O4/c1-15(23)22-13-4-6-18-20(22,2)11-5-12-21(18)19(24)14-26-17-9-7-16(25-3)8-10-17/h7-10,18H,4-6,11-14H2,1-3H3/t18-,20+/m1/s1. The first kappa shape index (κ1) is 18.5. The third-order valence-electron chi connectivity index (χ3n) is 5.77. The van der Waals surface area contributed by atoms with Gasteiger partial charge in [0.25, 0.3) is 5.91 Å². The van der Waals surface area contributed by atoms with Gasteiger partial charge in [0.2, 0.25) is 5.91 Å². The Bertz CT molecular complexity index is 660. The summed E-state index contributed by atoms with van der Waals surface area (Å²) in [7, 11) is 1.61. The summed E-state index contributed by atoms with van der Waals surface area (Å²) in [6.45, 7) is 5.28. The molecule has 0 aliphatic carbocycles. The van der Waals surface area contributed by atoms with E-state index in [4.69, 9.17) is 9.47 Å². The molecule has 2 saturated heterocycles. The van der Waals surface area contributed by atoms with E-state index in [1.165, 1.54) is 0 Å². The molecule has 2 aliphatic rings. The molecule has 0 bridgehead atoms. The van der Waals surface area contributed by atoms with Gasteiger partial charge >= 0.3 is 0 Å². The van der Waals surface area contributed by atoms with Gasteiger partial charge in [-0.05, 0) is 56.9 Å². The summed E-state index contributed by atoms with van der Waals surface area (Å²) < 4.78 is 10.8. The highest BCUT2D eigenvalue weighted by Gasteiger charge is 2.49. The predicted octanol–water partition coefficient (Wildman–Crippen LogP) is 2.47. The van der Waals surface area contributed by atoms with Crippen LogP contribution in [0.5, 0.6) is 11.5 Å². The van der Waals surface area contributed by atoms with Crippen LogP contribution in [0.2, 0.25) is 0 Å². The van der Waals surface area contributed by atoms with Crippen LogP contribution in [0.3, 0.4) is 0 Å². The predicted molar refractivity (Wildman–Crippen MR) is 98.3 cm³/mol. The van der Waals surface area contributed by atoms with Gasteiger partial charge < -0.3 is 19.3 Å². The topological polar surface area (TPSA) is 59.1 Å². The van der Waals surface area contributed by atoms with E-state index in [9.17, 15) is 9.59 Å². The number of hydrogen-bond acceptors (Lipinski definition) is 4. The highest BCUT2D eigenvalue weighted by atomic mass is 16.5. The van der Waals surface area contributed by atoms with E-state index in [1.807, 2.05) is 21.9 Å². The summed E-state index contributed by atoms with van der Waals surface area (Å²) in [6.07, 6.45) is 3.73. The lowest BCUT2D eigenvalue weighted by Crippen LogP contribution is -2.68. The van der Waals surface area contributed by atoms with E-state index in [0.29, 0.717) is 5.75 Å². The van der Waals surface area contributed by atoms with Crippen LogP contribution in [-0.4, -0.2) is 60.0 Å². The number of nitrogens with zero attached hydrogens (tertiary/aromatic N) is 2. The number of rotatable bonds is 4. The van der Waals surface area contributed by atoms with Crippen molar-refractivity contribution in [2.24, 2.45) is 0 Å². The molecule has 1 aromatic rings. The Balaban J connectivity index is 1.67. The summed E-state index contributed by atoms with van der Waals surface area (Å²) in [4.78, 5) is 28.8. The van der Waals surface area contributed by atoms with Gasteiger partial charge in [-0.3, -0.25) is 9.59 Å². The van der Waals surface area contributed by atoms with Gasteiger partial charge in [0.05, 0.1) is 18.7 Å². The van der Waals surface area contributed by atoms with Crippen LogP contribution in [0.1, 0.15) is 39.5 Å². The van der Waals surface area contributed by atoms with Crippen molar-refractivity contribution in [2.75, 3.05) is 26.8 Å². The maximum Gasteiger partial charge on any atom is 0.260 e. The molecule has 2 atom stereocenters. The van der Waals surface area contributed by atoms with Crippen molar-refractivity contribution in [1.29, 1.82) is 0 Å². The Kier molecular flexibility index (Phi) is 5.39. The molecule has 0 saturated carbocycles. The lowest BCUT2D eigenvalue weighted by atomic mass is 9.76. The first-order chi connectivity index (χ1) is 12.5.